The molecule has 0 aromatic heterocycles. The molecule has 80 heavy (non-hydrogen) atoms. The van der Waals surface area contributed by atoms with E-state index in [4.69, 9.17) is 14.2 Å². The first-order valence-electron chi connectivity index (χ1n) is 36.0. The Balaban J connectivity index is 4.27. The van der Waals surface area contributed by atoms with Crippen LogP contribution in [-0.4, -0.2) is 37.2 Å². The fourth-order valence-corrected chi connectivity index (χ4v) is 10.9. The van der Waals surface area contributed by atoms with Crippen LogP contribution in [0.1, 0.15) is 400 Å². The summed E-state index contributed by atoms with van der Waals surface area (Å²) in [6.07, 6.45) is 86.0. The topological polar surface area (TPSA) is 78.9 Å². The Labute approximate surface area is 499 Å². The number of hydrogen-bond acceptors (Lipinski definition) is 6. The van der Waals surface area contributed by atoms with Crippen LogP contribution in [-0.2, 0) is 28.6 Å². The van der Waals surface area contributed by atoms with E-state index in [2.05, 4.69) is 57.2 Å². The maximum Gasteiger partial charge on any atom is 0.306 e. The van der Waals surface area contributed by atoms with E-state index in [1.54, 1.807) is 0 Å². The van der Waals surface area contributed by atoms with Crippen LogP contribution in [0, 0.1) is 0 Å². The van der Waals surface area contributed by atoms with Crippen LogP contribution >= 0.6 is 0 Å². The summed E-state index contributed by atoms with van der Waals surface area (Å²) in [6.45, 7) is 6.70. The molecule has 0 aliphatic rings. The van der Waals surface area contributed by atoms with Gasteiger partial charge in [-0.15, -0.1) is 0 Å². The van der Waals surface area contributed by atoms with Crippen molar-refractivity contribution in [1.29, 1.82) is 0 Å². The van der Waals surface area contributed by atoms with E-state index >= 15 is 0 Å². The van der Waals surface area contributed by atoms with Crippen molar-refractivity contribution in [3.63, 3.8) is 0 Å². The first-order chi connectivity index (χ1) is 39.5. The molecule has 0 saturated carbocycles. The average Bonchev–Trinajstić information content (AvgIpc) is 3.46. The molecule has 0 rings (SSSR count). The number of carbonyl (C=O) groups excluding carboxylic acids is 3. The highest BCUT2D eigenvalue weighted by Crippen LogP contribution is 2.18. The molecule has 470 valence electrons. The molecule has 0 radical (unpaired) electrons. The number of esters is 3. The van der Waals surface area contributed by atoms with E-state index in [1.165, 1.54) is 289 Å². The predicted molar refractivity (Wildman–Crippen MR) is 349 cm³/mol. The van der Waals surface area contributed by atoms with Crippen molar-refractivity contribution in [2.24, 2.45) is 0 Å². The van der Waals surface area contributed by atoms with Crippen LogP contribution in [0.2, 0.25) is 0 Å². The van der Waals surface area contributed by atoms with Crippen molar-refractivity contribution in [3.05, 3.63) is 36.5 Å². The van der Waals surface area contributed by atoms with E-state index in [-0.39, 0.29) is 31.1 Å². The molecule has 0 aromatic rings. The van der Waals surface area contributed by atoms with Crippen LogP contribution in [0.5, 0.6) is 0 Å². The van der Waals surface area contributed by atoms with Gasteiger partial charge in [-0.05, 0) is 77.0 Å². The van der Waals surface area contributed by atoms with Crippen LogP contribution in [0.4, 0.5) is 0 Å². The molecule has 0 amide bonds. The first-order valence-corrected chi connectivity index (χ1v) is 36.0. The van der Waals surface area contributed by atoms with E-state index in [0.717, 1.165) is 70.6 Å². The highest BCUT2D eigenvalue weighted by molar-refractivity contribution is 5.71. The monoisotopic (exact) mass is 1120 g/mol. The van der Waals surface area contributed by atoms with Gasteiger partial charge in [0.1, 0.15) is 13.2 Å². The largest absolute Gasteiger partial charge is 0.462 e. The van der Waals surface area contributed by atoms with Gasteiger partial charge >= 0.3 is 17.9 Å². The molecule has 0 aliphatic carbocycles. The Bertz CT molecular complexity index is 1340. The van der Waals surface area contributed by atoms with Gasteiger partial charge in [-0.2, -0.15) is 0 Å². The highest BCUT2D eigenvalue weighted by Gasteiger charge is 2.19. The third-order valence-electron chi connectivity index (χ3n) is 16.4. The quantitative estimate of drug-likeness (QED) is 0.0261. The molecule has 0 heterocycles. The summed E-state index contributed by atoms with van der Waals surface area (Å²) < 4.78 is 17.0. The van der Waals surface area contributed by atoms with Crippen molar-refractivity contribution in [2.45, 2.75) is 406 Å². The second-order valence-electron chi connectivity index (χ2n) is 24.5. The Morgan fingerprint density at radius 1 is 0.250 bits per heavy atom. The molecule has 6 heteroatoms. The molecule has 1 unspecified atom stereocenters. The molecule has 0 aliphatic heterocycles. The zero-order valence-electron chi connectivity index (χ0n) is 54.1. The zero-order valence-corrected chi connectivity index (χ0v) is 54.1. The Kier molecular flexibility index (Phi) is 67.1. The lowest BCUT2D eigenvalue weighted by atomic mass is 10.0. The molecular weight excluding hydrogens is 985 g/mol. The highest BCUT2D eigenvalue weighted by atomic mass is 16.6. The molecule has 0 spiro atoms. The maximum absolute atomic E-state index is 13.0. The molecule has 0 bridgehead atoms. The van der Waals surface area contributed by atoms with E-state index < -0.39 is 6.10 Å². The van der Waals surface area contributed by atoms with Crippen molar-refractivity contribution < 1.29 is 28.6 Å². The number of carbonyl (C=O) groups is 3. The lowest BCUT2D eigenvalue weighted by Crippen LogP contribution is -2.30. The molecule has 0 fully saturated rings. The summed E-state index contributed by atoms with van der Waals surface area (Å²) in [7, 11) is 0. The lowest BCUT2D eigenvalue weighted by Gasteiger charge is -2.18. The minimum absolute atomic E-state index is 0.0700. The molecule has 1 atom stereocenters. The zero-order chi connectivity index (χ0) is 57.8. The summed E-state index contributed by atoms with van der Waals surface area (Å²) in [6, 6.07) is 0. The van der Waals surface area contributed by atoms with Gasteiger partial charge in [-0.25, -0.2) is 0 Å². The Morgan fingerprint density at radius 2 is 0.450 bits per heavy atom. The van der Waals surface area contributed by atoms with Crippen LogP contribution in [0.3, 0.4) is 0 Å². The van der Waals surface area contributed by atoms with Gasteiger partial charge < -0.3 is 14.2 Å². The van der Waals surface area contributed by atoms with Crippen LogP contribution < -0.4 is 0 Å². The minimum atomic E-state index is -0.774. The van der Waals surface area contributed by atoms with Gasteiger partial charge in [0.2, 0.25) is 0 Å². The maximum atomic E-state index is 13.0. The number of unbranched alkanes of at least 4 members (excludes halogenated alkanes) is 50. The third-order valence-corrected chi connectivity index (χ3v) is 16.4. The molecule has 0 aromatic carbocycles. The molecule has 6 nitrogen and oxygen atoms in total. The van der Waals surface area contributed by atoms with Gasteiger partial charge in [0.25, 0.3) is 0 Å². The number of allylic oxidation sites excluding steroid dienone is 6. The van der Waals surface area contributed by atoms with Crippen LogP contribution in [0.15, 0.2) is 36.5 Å². The fourth-order valence-electron chi connectivity index (χ4n) is 10.9. The normalized spacial score (nSPS) is 12.2. The average molecular weight is 1120 g/mol. The summed E-state index contributed by atoms with van der Waals surface area (Å²) in [5.74, 6) is -0.848. The smallest absolute Gasteiger partial charge is 0.306 e. The molecular formula is C74H138O6. The second kappa shape index (κ2) is 69.1. The molecule has 0 N–H and O–H groups in total. The van der Waals surface area contributed by atoms with E-state index in [0.29, 0.717) is 19.3 Å². The predicted octanol–water partition coefficient (Wildman–Crippen LogP) is 24.7. The number of hydrogen-bond donors (Lipinski definition) is 0. The fraction of sp³-hybridized carbons (Fsp3) is 0.878. The summed E-state index contributed by atoms with van der Waals surface area (Å²) in [4.78, 5) is 38.5. The van der Waals surface area contributed by atoms with Gasteiger partial charge in [0.15, 0.2) is 6.10 Å². The third kappa shape index (κ3) is 66.4. The minimum Gasteiger partial charge on any atom is -0.462 e. The molecule has 0 saturated heterocycles. The van der Waals surface area contributed by atoms with Gasteiger partial charge in [-0.1, -0.05) is 340 Å². The second-order valence-corrected chi connectivity index (χ2v) is 24.5. The first kappa shape index (κ1) is 77.6. The van der Waals surface area contributed by atoms with Crippen molar-refractivity contribution in [2.75, 3.05) is 13.2 Å². The van der Waals surface area contributed by atoms with Gasteiger partial charge in [0.05, 0.1) is 0 Å². The van der Waals surface area contributed by atoms with Crippen molar-refractivity contribution >= 4 is 17.9 Å². The van der Waals surface area contributed by atoms with Gasteiger partial charge in [0, 0.05) is 19.3 Å². The number of ether oxygens (including phenoxy) is 3. The van der Waals surface area contributed by atoms with E-state index in [9.17, 15) is 14.4 Å². The summed E-state index contributed by atoms with van der Waals surface area (Å²) in [5.41, 5.74) is 0. The van der Waals surface area contributed by atoms with Gasteiger partial charge in [-0.3, -0.25) is 14.4 Å². The van der Waals surface area contributed by atoms with Crippen molar-refractivity contribution in [3.8, 4) is 0 Å². The van der Waals surface area contributed by atoms with Crippen LogP contribution in [0.25, 0.3) is 0 Å². The standard InChI is InChI=1S/C74H138O6/c1-4-7-10-13-16-19-22-25-28-30-32-34-36-37-38-40-41-43-46-49-52-55-58-61-64-67-73(76)79-70-71(69-78-72(75)66-63-60-57-54-51-48-45-27-24-21-18-15-12-9-6-3)80-74(77)68-65-62-59-56-53-50-47-44-42-39-35-33-31-29-26-23-20-17-14-11-8-5-2/h22,25,27,30,32,45,71H,4-21,23-24,26,28-29,31,33-44,46-70H2,1-3H3/b25-22-,32-30-,45-27-. The SMILES string of the molecule is CCCCCCC/C=C\C/C=C\CCCCCCCCCCCCCCCC(=O)OCC(COC(=O)CCCCCCC/C=C\CCCCCCCC)OC(=O)CCCCCCCCCCCCCCCCCCCCCCCC. The van der Waals surface area contributed by atoms with E-state index in [1.807, 2.05) is 0 Å². The summed E-state index contributed by atoms with van der Waals surface area (Å²) >= 11 is 0. The Hall–Kier alpha value is -2.37. The lowest BCUT2D eigenvalue weighted by molar-refractivity contribution is -0.167. The number of rotatable bonds is 67. The summed E-state index contributed by atoms with van der Waals surface area (Å²) in [5, 5.41) is 0. The van der Waals surface area contributed by atoms with Crippen molar-refractivity contribution in [1.82, 2.24) is 0 Å². The Morgan fingerprint density at radius 3 is 0.700 bits per heavy atom.